The summed E-state index contributed by atoms with van der Waals surface area (Å²) in [5, 5.41) is 19.3. The van der Waals surface area contributed by atoms with E-state index in [1.165, 1.54) is 0 Å². The summed E-state index contributed by atoms with van der Waals surface area (Å²) < 4.78 is 0. The summed E-state index contributed by atoms with van der Waals surface area (Å²) in [5.41, 5.74) is 4.41. The van der Waals surface area contributed by atoms with Crippen LogP contribution in [0.5, 0.6) is 0 Å². The molecule has 0 aliphatic rings. The molecule has 0 bridgehead atoms. The predicted octanol–water partition coefficient (Wildman–Crippen LogP) is 4.11. The normalized spacial score (nSPS) is 12.0. The van der Waals surface area contributed by atoms with Crippen LogP contribution in [0.3, 0.4) is 0 Å². The maximum atomic E-state index is 10.9. The van der Waals surface area contributed by atoms with Crippen molar-refractivity contribution in [2.24, 2.45) is 0 Å². The highest BCUT2D eigenvalue weighted by molar-refractivity contribution is 6.33. The zero-order valence-corrected chi connectivity index (χ0v) is 13.5. The molecule has 1 unspecified atom stereocenters. The molecule has 3 N–H and O–H groups in total. The molecule has 0 heterocycles. The first-order chi connectivity index (χ1) is 11.1. The molecule has 0 radical (unpaired) electrons. The second-order valence-corrected chi connectivity index (χ2v) is 5.81. The fraction of sp³-hybridized carbons (Fsp3) is 0.278. The number of halogens is 1. The summed E-state index contributed by atoms with van der Waals surface area (Å²) in [6, 6.07) is 15.3. The Morgan fingerprint density at radius 3 is 2.43 bits per heavy atom. The van der Waals surface area contributed by atoms with Crippen LogP contribution in [0.1, 0.15) is 37.4 Å². The lowest BCUT2D eigenvalue weighted by Crippen LogP contribution is -2.17. The molecule has 0 aliphatic heterocycles. The van der Waals surface area contributed by atoms with Crippen LogP contribution in [-0.4, -0.2) is 16.2 Å². The molecule has 5 heteroatoms. The summed E-state index contributed by atoms with van der Waals surface area (Å²) >= 11 is 6.18. The standard InChI is InChI=1S/C18H20ClNO3/c19-16-6-2-1-5-15(16)13-9-11-14(12-10-13)17(21)7-3-4-8-18(22)20-23/h1-2,5-6,9-12,17,21,23H,3-4,7-8H2,(H,20,22). The molecular formula is C18H20ClNO3. The average molecular weight is 334 g/mol. The first-order valence-electron chi connectivity index (χ1n) is 7.57. The maximum Gasteiger partial charge on any atom is 0.243 e. The van der Waals surface area contributed by atoms with Gasteiger partial charge in [-0.15, -0.1) is 0 Å². The number of aliphatic hydroxyl groups excluding tert-OH is 1. The van der Waals surface area contributed by atoms with E-state index >= 15 is 0 Å². The van der Waals surface area contributed by atoms with Crippen molar-refractivity contribution in [1.29, 1.82) is 0 Å². The van der Waals surface area contributed by atoms with E-state index in [4.69, 9.17) is 16.8 Å². The fourth-order valence-electron chi connectivity index (χ4n) is 2.43. The minimum absolute atomic E-state index is 0.259. The smallest absolute Gasteiger partial charge is 0.243 e. The average Bonchev–Trinajstić information content (AvgIpc) is 2.59. The topological polar surface area (TPSA) is 69.6 Å². The van der Waals surface area contributed by atoms with Crippen LogP contribution in [0.25, 0.3) is 11.1 Å². The summed E-state index contributed by atoms with van der Waals surface area (Å²) in [6.07, 6.45) is 1.60. The number of carbonyl (C=O) groups excluding carboxylic acids is 1. The monoisotopic (exact) mass is 333 g/mol. The van der Waals surface area contributed by atoms with E-state index < -0.39 is 12.0 Å². The van der Waals surface area contributed by atoms with Gasteiger partial charge in [0.05, 0.1) is 6.10 Å². The Hall–Kier alpha value is -1.88. The lowest BCUT2D eigenvalue weighted by Gasteiger charge is -2.12. The minimum Gasteiger partial charge on any atom is -0.388 e. The Morgan fingerprint density at radius 1 is 1.09 bits per heavy atom. The van der Waals surface area contributed by atoms with E-state index in [1.54, 1.807) is 5.48 Å². The van der Waals surface area contributed by atoms with Gasteiger partial charge in [0.25, 0.3) is 0 Å². The number of unbranched alkanes of at least 4 members (excludes halogenated alkanes) is 1. The van der Waals surface area contributed by atoms with Gasteiger partial charge in [0.2, 0.25) is 5.91 Å². The van der Waals surface area contributed by atoms with Crippen LogP contribution < -0.4 is 5.48 Å². The van der Waals surface area contributed by atoms with Crippen LogP contribution in [0, 0.1) is 0 Å². The number of amides is 1. The number of hydrogen-bond donors (Lipinski definition) is 3. The molecule has 1 atom stereocenters. The third-order valence-electron chi connectivity index (χ3n) is 3.74. The Labute approximate surface area is 140 Å². The molecule has 23 heavy (non-hydrogen) atoms. The first-order valence-corrected chi connectivity index (χ1v) is 7.95. The van der Waals surface area contributed by atoms with E-state index in [0.29, 0.717) is 24.3 Å². The van der Waals surface area contributed by atoms with Gasteiger partial charge in [-0.05, 0) is 30.0 Å². The van der Waals surface area contributed by atoms with Crippen LogP contribution >= 0.6 is 11.6 Å². The second-order valence-electron chi connectivity index (χ2n) is 5.40. The van der Waals surface area contributed by atoms with Gasteiger partial charge in [-0.3, -0.25) is 10.0 Å². The Bertz CT molecular complexity index is 643. The molecule has 0 saturated heterocycles. The van der Waals surface area contributed by atoms with Crippen LogP contribution in [0.4, 0.5) is 0 Å². The molecule has 122 valence electrons. The van der Waals surface area contributed by atoms with Crippen molar-refractivity contribution in [3.05, 3.63) is 59.1 Å². The van der Waals surface area contributed by atoms with Gasteiger partial charge in [0.15, 0.2) is 0 Å². The van der Waals surface area contributed by atoms with Crippen molar-refractivity contribution in [3.8, 4) is 11.1 Å². The van der Waals surface area contributed by atoms with E-state index in [-0.39, 0.29) is 6.42 Å². The third-order valence-corrected chi connectivity index (χ3v) is 4.07. The first kappa shape index (κ1) is 17.5. The Morgan fingerprint density at radius 2 is 1.78 bits per heavy atom. The maximum absolute atomic E-state index is 10.9. The van der Waals surface area contributed by atoms with Crippen LogP contribution in [0.2, 0.25) is 5.02 Å². The highest BCUT2D eigenvalue weighted by Crippen LogP contribution is 2.29. The molecule has 0 fully saturated rings. The molecule has 4 nitrogen and oxygen atoms in total. The molecule has 0 aliphatic carbocycles. The number of hydrogen-bond acceptors (Lipinski definition) is 3. The predicted molar refractivity (Wildman–Crippen MR) is 90.2 cm³/mol. The number of carbonyl (C=O) groups is 1. The van der Waals surface area contributed by atoms with Gasteiger partial charge in [-0.2, -0.15) is 0 Å². The van der Waals surface area contributed by atoms with Crippen molar-refractivity contribution in [1.82, 2.24) is 5.48 Å². The minimum atomic E-state index is -0.563. The summed E-state index contributed by atoms with van der Waals surface area (Å²) in [5.74, 6) is -0.399. The van der Waals surface area contributed by atoms with Crippen LogP contribution in [0.15, 0.2) is 48.5 Å². The zero-order chi connectivity index (χ0) is 16.7. The van der Waals surface area contributed by atoms with E-state index in [2.05, 4.69) is 0 Å². The number of benzene rings is 2. The van der Waals surface area contributed by atoms with Crippen molar-refractivity contribution in [2.45, 2.75) is 31.8 Å². The van der Waals surface area contributed by atoms with Crippen molar-refractivity contribution in [3.63, 3.8) is 0 Å². The second kappa shape index (κ2) is 8.67. The number of hydroxylamine groups is 1. The molecule has 2 aromatic carbocycles. The molecule has 0 saturated carbocycles. The lowest BCUT2D eigenvalue weighted by molar-refractivity contribution is -0.129. The van der Waals surface area contributed by atoms with E-state index in [9.17, 15) is 9.90 Å². The van der Waals surface area contributed by atoms with Gasteiger partial charge in [-0.25, -0.2) is 5.48 Å². The largest absolute Gasteiger partial charge is 0.388 e. The summed E-state index contributed by atoms with van der Waals surface area (Å²) in [4.78, 5) is 10.9. The third kappa shape index (κ3) is 5.06. The summed E-state index contributed by atoms with van der Waals surface area (Å²) in [7, 11) is 0. The van der Waals surface area contributed by atoms with Gasteiger partial charge < -0.3 is 5.11 Å². The highest BCUT2D eigenvalue weighted by Gasteiger charge is 2.09. The van der Waals surface area contributed by atoms with Gasteiger partial charge in [0, 0.05) is 17.0 Å². The van der Waals surface area contributed by atoms with E-state index in [0.717, 1.165) is 16.7 Å². The lowest BCUT2D eigenvalue weighted by atomic mass is 9.99. The molecule has 0 spiro atoms. The summed E-state index contributed by atoms with van der Waals surface area (Å²) in [6.45, 7) is 0. The van der Waals surface area contributed by atoms with Gasteiger partial charge >= 0.3 is 0 Å². The molecule has 2 aromatic rings. The van der Waals surface area contributed by atoms with Crippen LogP contribution in [-0.2, 0) is 4.79 Å². The SMILES string of the molecule is O=C(CCCCC(O)c1ccc(-c2ccccc2Cl)cc1)NO. The number of nitrogens with one attached hydrogen (secondary N) is 1. The van der Waals surface area contributed by atoms with Crippen molar-refractivity contribution >= 4 is 17.5 Å². The quantitative estimate of drug-likeness (QED) is 0.406. The van der Waals surface area contributed by atoms with Crippen molar-refractivity contribution in [2.75, 3.05) is 0 Å². The Kier molecular flexibility index (Phi) is 6.59. The number of rotatable bonds is 7. The molecule has 0 aromatic heterocycles. The number of aliphatic hydroxyl groups is 1. The molecule has 2 rings (SSSR count). The van der Waals surface area contributed by atoms with Gasteiger partial charge in [-0.1, -0.05) is 60.5 Å². The fourth-order valence-corrected chi connectivity index (χ4v) is 2.67. The molecular weight excluding hydrogens is 314 g/mol. The Balaban J connectivity index is 1.91. The highest BCUT2D eigenvalue weighted by atomic mass is 35.5. The van der Waals surface area contributed by atoms with Crippen molar-refractivity contribution < 1.29 is 15.1 Å². The van der Waals surface area contributed by atoms with E-state index in [1.807, 2.05) is 48.5 Å². The zero-order valence-electron chi connectivity index (χ0n) is 12.7. The van der Waals surface area contributed by atoms with Gasteiger partial charge in [0.1, 0.15) is 0 Å². The molecule has 1 amide bonds.